The van der Waals surface area contributed by atoms with Gasteiger partial charge in [0.25, 0.3) is 0 Å². The number of nitrogens with one attached hydrogen (secondary N) is 1. The lowest BCUT2D eigenvalue weighted by atomic mass is 9.74. The van der Waals surface area contributed by atoms with Gasteiger partial charge in [0, 0.05) is 36.9 Å². The predicted molar refractivity (Wildman–Crippen MR) is 124 cm³/mol. The molecule has 168 valence electrons. The standard InChI is InChI=1S/C24H28N4O3S/c1-16(29)25-23-27-26-22(32-23)18-7-5-17(6-8-18)15-28-11-3-4-21(28)24(2)10-9-19-20(14-24)31-13-12-30-19/h5-10,21H,3-4,11-15H2,1-2H3,(H,25,27,29)/t21-,24?/m1/s1. The second kappa shape index (κ2) is 8.67. The van der Waals surface area contributed by atoms with Crippen LogP contribution in [0, 0.1) is 5.41 Å². The highest BCUT2D eigenvalue weighted by Crippen LogP contribution is 2.44. The molecule has 1 aromatic heterocycles. The van der Waals surface area contributed by atoms with Gasteiger partial charge in [-0.3, -0.25) is 9.69 Å². The Bertz CT molecular complexity index is 1060. The van der Waals surface area contributed by atoms with E-state index in [4.69, 9.17) is 9.47 Å². The van der Waals surface area contributed by atoms with Crippen LogP contribution in [0.25, 0.3) is 10.6 Å². The molecule has 2 atom stereocenters. The van der Waals surface area contributed by atoms with Gasteiger partial charge in [0.15, 0.2) is 5.76 Å². The van der Waals surface area contributed by atoms with Crippen LogP contribution in [0.4, 0.5) is 5.13 Å². The van der Waals surface area contributed by atoms with Gasteiger partial charge in [-0.25, -0.2) is 0 Å². The van der Waals surface area contributed by atoms with E-state index in [1.165, 1.54) is 36.7 Å². The normalized spacial score (nSPS) is 25.2. The number of hydrogen-bond acceptors (Lipinski definition) is 7. The SMILES string of the molecule is CC(=O)Nc1nnc(-c2ccc(CN3CCC[C@@H]3C3(C)C=CC4=C(C3)OCCO4)cc2)s1. The molecule has 0 saturated carbocycles. The van der Waals surface area contributed by atoms with Crippen molar-refractivity contribution in [3.05, 3.63) is 53.5 Å². The molecule has 1 amide bonds. The van der Waals surface area contributed by atoms with E-state index >= 15 is 0 Å². The van der Waals surface area contributed by atoms with Gasteiger partial charge in [0.05, 0.1) is 0 Å². The van der Waals surface area contributed by atoms with Crippen LogP contribution in [0.5, 0.6) is 0 Å². The number of ether oxygens (including phenoxy) is 2. The number of allylic oxidation sites excluding steroid dienone is 2. The second-order valence-corrected chi connectivity index (χ2v) is 9.90. The fourth-order valence-corrected chi connectivity index (χ4v) is 5.73. The summed E-state index contributed by atoms with van der Waals surface area (Å²) in [5.74, 6) is 1.78. The third-order valence-corrected chi connectivity index (χ3v) is 7.36. The van der Waals surface area contributed by atoms with E-state index in [9.17, 15) is 4.79 Å². The maximum atomic E-state index is 11.2. The molecular formula is C24H28N4O3S. The Hall–Kier alpha value is -2.71. The molecular weight excluding hydrogens is 424 g/mol. The van der Waals surface area contributed by atoms with Crippen LogP contribution in [-0.4, -0.2) is 46.8 Å². The minimum atomic E-state index is -0.139. The predicted octanol–water partition coefficient (Wildman–Crippen LogP) is 4.35. The summed E-state index contributed by atoms with van der Waals surface area (Å²) in [5, 5.41) is 12.2. The average Bonchev–Trinajstić information content (AvgIpc) is 3.44. The topological polar surface area (TPSA) is 76.6 Å². The number of likely N-dealkylation sites (tertiary alicyclic amines) is 1. The molecule has 3 aliphatic rings. The fraction of sp³-hybridized carbons (Fsp3) is 0.458. The third-order valence-electron chi connectivity index (χ3n) is 6.47. The maximum absolute atomic E-state index is 11.2. The molecule has 1 fully saturated rings. The Morgan fingerprint density at radius 1 is 1.25 bits per heavy atom. The molecule has 7 nitrogen and oxygen atoms in total. The first kappa shape index (κ1) is 21.2. The van der Waals surface area contributed by atoms with Crippen molar-refractivity contribution < 1.29 is 14.3 Å². The number of aromatic nitrogens is 2. The van der Waals surface area contributed by atoms with Crippen LogP contribution in [0.3, 0.4) is 0 Å². The quantitative estimate of drug-likeness (QED) is 0.727. The van der Waals surface area contributed by atoms with Gasteiger partial charge in [-0.2, -0.15) is 0 Å². The van der Waals surface area contributed by atoms with Crippen molar-refractivity contribution in [1.29, 1.82) is 0 Å². The van der Waals surface area contributed by atoms with Gasteiger partial charge in [0.1, 0.15) is 24.0 Å². The molecule has 5 rings (SSSR count). The average molecular weight is 453 g/mol. The molecule has 8 heteroatoms. The first-order chi connectivity index (χ1) is 15.5. The minimum absolute atomic E-state index is 0.0443. The zero-order valence-corrected chi connectivity index (χ0v) is 19.3. The Morgan fingerprint density at radius 3 is 2.88 bits per heavy atom. The number of benzene rings is 1. The summed E-state index contributed by atoms with van der Waals surface area (Å²) in [6.45, 7) is 7.12. The lowest BCUT2D eigenvalue weighted by Crippen LogP contribution is -2.43. The summed E-state index contributed by atoms with van der Waals surface area (Å²) in [4.78, 5) is 13.8. The molecule has 1 unspecified atom stereocenters. The van der Waals surface area contributed by atoms with Crippen LogP contribution in [0.1, 0.15) is 38.7 Å². The van der Waals surface area contributed by atoms with Crippen molar-refractivity contribution in [2.24, 2.45) is 5.41 Å². The maximum Gasteiger partial charge on any atom is 0.223 e. The molecule has 1 aromatic carbocycles. The molecule has 1 N–H and O–H groups in total. The summed E-state index contributed by atoms with van der Waals surface area (Å²) >= 11 is 1.38. The molecule has 32 heavy (non-hydrogen) atoms. The highest BCUT2D eigenvalue weighted by atomic mass is 32.1. The molecule has 2 aromatic rings. The first-order valence-corrected chi connectivity index (χ1v) is 11.9. The van der Waals surface area contributed by atoms with Crippen molar-refractivity contribution >= 4 is 22.4 Å². The number of hydrogen-bond donors (Lipinski definition) is 1. The van der Waals surface area contributed by atoms with E-state index in [2.05, 4.69) is 63.8 Å². The van der Waals surface area contributed by atoms with Crippen molar-refractivity contribution in [3.63, 3.8) is 0 Å². The lowest BCUT2D eigenvalue weighted by Gasteiger charge is -2.41. The number of rotatable bonds is 5. The molecule has 2 aliphatic heterocycles. The Labute approximate surface area is 192 Å². The molecule has 0 radical (unpaired) electrons. The second-order valence-electron chi connectivity index (χ2n) is 8.92. The van der Waals surface area contributed by atoms with Crippen LogP contribution < -0.4 is 5.32 Å². The van der Waals surface area contributed by atoms with Crippen LogP contribution in [0.2, 0.25) is 0 Å². The highest BCUT2D eigenvalue weighted by molar-refractivity contribution is 7.18. The van der Waals surface area contributed by atoms with Crippen molar-refractivity contribution in [1.82, 2.24) is 15.1 Å². The zero-order valence-electron chi connectivity index (χ0n) is 18.5. The first-order valence-electron chi connectivity index (χ1n) is 11.1. The molecule has 0 bridgehead atoms. The summed E-state index contributed by atoms with van der Waals surface area (Å²) in [6, 6.07) is 8.99. The van der Waals surface area contributed by atoms with E-state index in [0.717, 1.165) is 41.6 Å². The lowest BCUT2D eigenvalue weighted by molar-refractivity contribution is -0.114. The molecule has 3 heterocycles. The fourth-order valence-electron chi connectivity index (χ4n) is 4.94. The minimum Gasteiger partial charge on any atom is -0.490 e. The number of amides is 1. The van der Waals surface area contributed by atoms with E-state index in [1.54, 1.807) is 0 Å². The summed E-state index contributed by atoms with van der Waals surface area (Å²) < 4.78 is 11.7. The Morgan fingerprint density at radius 2 is 2.06 bits per heavy atom. The third kappa shape index (κ3) is 4.29. The van der Waals surface area contributed by atoms with Gasteiger partial charge in [-0.15, -0.1) is 10.2 Å². The van der Waals surface area contributed by atoms with E-state index in [1.807, 2.05) is 0 Å². The summed E-state index contributed by atoms with van der Waals surface area (Å²) in [5.41, 5.74) is 2.34. The number of carbonyl (C=O) groups is 1. The molecule has 1 saturated heterocycles. The Kier molecular flexibility index (Phi) is 5.73. The van der Waals surface area contributed by atoms with E-state index in [0.29, 0.717) is 24.4 Å². The van der Waals surface area contributed by atoms with Crippen LogP contribution in [0.15, 0.2) is 47.9 Å². The van der Waals surface area contributed by atoms with Crippen molar-refractivity contribution in [2.75, 3.05) is 25.1 Å². The van der Waals surface area contributed by atoms with Crippen LogP contribution in [-0.2, 0) is 20.8 Å². The zero-order chi connectivity index (χ0) is 22.1. The molecule has 1 aliphatic carbocycles. The van der Waals surface area contributed by atoms with E-state index in [-0.39, 0.29) is 11.3 Å². The van der Waals surface area contributed by atoms with Gasteiger partial charge in [0.2, 0.25) is 11.0 Å². The van der Waals surface area contributed by atoms with Gasteiger partial charge in [-0.05, 0) is 31.0 Å². The number of anilines is 1. The number of nitrogens with zero attached hydrogens (tertiary/aromatic N) is 3. The van der Waals surface area contributed by atoms with Crippen molar-refractivity contribution in [3.8, 4) is 10.6 Å². The van der Waals surface area contributed by atoms with Gasteiger partial charge < -0.3 is 14.8 Å². The Balaban J connectivity index is 1.27. The largest absolute Gasteiger partial charge is 0.490 e. The van der Waals surface area contributed by atoms with Crippen LogP contribution >= 0.6 is 11.3 Å². The summed E-state index contributed by atoms with van der Waals surface area (Å²) in [7, 11) is 0. The summed E-state index contributed by atoms with van der Waals surface area (Å²) in [6.07, 6.45) is 7.74. The number of carbonyl (C=O) groups excluding carboxylic acids is 1. The monoisotopic (exact) mass is 452 g/mol. The smallest absolute Gasteiger partial charge is 0.223 e. The molecule has 0 spiro atoms. The van der Waals surface area contributed by atoms with Gasteiger partial charge >= 0.3 is 0 Å². The van der Waals surface area contributed by atoms with E-state index < -0.39 is 0 Å². The van der Waals surface area contributed by atoms with Crippen molar-refractivity contribution in [2.45, 2.75) is 45.7 Å². The van der Waals surface area contributed by atoms with Gasteiger partial charge in [-0.1, -0.05) is 48.6 Å². The highest BCUT2D eigenvalue weighted by Gasteiger charge is 2.42.